The number of pyridine rings is 1. The van der Waals surface area contributed by atoms with Crippen LogP contribution in [0.5, 0.6) is 5.75 Å². The Kier molecular flexibility index (Phi) is 5.59. The van der Waals surface area contributed by atoms with Gasteiger partial charge in [0.05, 0.1) is 22.1 Å². The lowest BCUT2D eigenvalue weighted by Gasteiger charge is -2.53. The molecule has 4 heterocycles. The molecule has 1 aliphatic carbocycles. The van der Waals surface area contributed by atoms with Gasteiger partial charge in [0, 0.05) is 30.3 Å². The van der Waals surface area contributed by atoms with E-state index in [-0.39, 0.29) is 36.3 Å². The van der Waals surface area contributed by atoms with Crippen LogP contribution in [0.4, 0.5) is 17.6 Å². The van der Waals surface area contributed by atoms with Crippen LogP contribution in [0.2, 0.25) is 0 Å². The first-order valence-corrected chi connectivity index (χ1v) is 13.9. The second kappa shape index (κ2) is 8.90. The van der Waals surface area contributed by atoms with Gasteiger partial charge in [0.1, 0.15) is 6.17 Å². The lowest BCUT2D eigenvalue weighted by atomic mass is 9.86. The highest BCUT2D eigenvalue weighted by Gasteiger charge is 2.50. The van der Waals surface area contributed by atoms with Gasteiger partial charge in [-0.3, -0.25) is 19.3 Å². The van der Waals surface area contributed by atoms with E-state index in [9.17, 15) is 27.9 Å². The van der Waals surface area contributed by atoms with E-state index < -0.39 is 52.8 Å². The predicted octanol–water partition coefficient (Wildman–Crippen LogP) is 5.51. The number of benzene rings is 2. The van der Waals surface area contributed by atoms with Crippen molar-refractivity contribution in [2.24, 2.45) is 5.92 Å². The van der Waals surface area contributed by atoms with E-state index in [1.54, 1.807) is 28.7 Å². The molecule has 0 saturated carbocycles. The average molecular weight is 583 g/mol. The summed E-state index contributed by atoms with van der Waals surface area (Å²) >= 11 is 1.25. The fourth-order valence-corrected chi connectivity index (χ4v) is 7.26. The van der Waals surface area contributed by atoms with Crippen molar-refractivity contribution in [1.82, 2.24) is 14.6 Å². The number of carbonyl (C=O) groups is 1. The lowest BCUT2D eigenvalue weighted by molar-refractivity contribution is -0.0744. The maximum atomic E-state index is 15.7. The third-order valence-corrected chi connectivity index (χ3v) is 9.21. The van der Waals surface area contributed by atoms with Crippen molar-refractivity contribution in [1.29, 1.82) is 0 Å². The van der Waals surface area contributed by atoms with Crippen LogP contribution < -0.4 is 10.4 Å². The number of halogens is 4. The molecule has 0 bridgehead atoms. The summed E-state index contributed by atoms with van der Waals surface area (Å²) in [4.78, 5) is 32.5. The number of aromatic hydroxyl groups is 1. The third kappa shape index (κ3) is 3.66. The summed E-state index contributed by atoms with van der Waals surface area (Å²) in [6.45, 7) is 0.793. The number of hydrogen-bond donors (Lipinski definition) is 1. The van der Waals surface area contributed by atoms with E-state index in [0.29, 0.717) is 21.6 Å². The Bertz CT molecular complexity index is 1800. The molecule has 0 radical (unpaired) electrons. The number of rotatable bonds is 2. The zero-order valence-electron chi connectivity index (χ0n) is 21.5. The van der Waals surface area contributed by atoms with Gasteiger partial charge < -0.3 is 10.0 Å². The summed E-state index contributed by atoms with van der Waals surface area (Å²) in [6.07, 6.45) is 0.210. The predicted molar refractivity (Wildman–Crippen MR) is 143 cm³/mol. The monoisotopic (exact) mass is 582 g/mol. The fourth-order valence-electron chi connectivity index (χ4n) is 6.42. The first-order valence-electron chi connectivity index (χ1n) is 13.0. The molecule has 1 N–H and O–H groups in total. The Morgan fingerprint density at radius 2 is 1.85 bits per heavy atom. The van der Waals surface area contributed by atoms with Crippen LogP contribution in [-0.4, -0.2) is 44.2 Å². The summed E-state index contributed by atoms with van der Waals surface area (Å²) in [5.41, 5.74) is 2.21. The Balaban J connectivity index is 1.57. The maximum absolute atomic E-state index is 15.7. The van der Waals surface area contributed by atoms with Crippen LogP contribution in [0.1, 0.15) is 47.4 Å². The topological polar surface area (TPSA) is 78.7 Å². The Labute approximate surface area is 234 Å². The van der Waals surface area contributed by atoms with E-state index >= 15 is 4.39 Å². The minimum atomic E-state index is -3.05. The number of hydrogen-bond acceptors (Lipinski definition) is 6. The Morgan fingerprint density at radius 3 is 2.63 bits per heavy atom. The van der Waals surface area contributed by atoms with E-state index in [1.165, 1.54) is 33.2 Å². The number of amides is 1. The number of nitrogens with zero attached hydrogens (tertiary/aromatic N) is 4. The van der Waals surface area contributed by atoms with Gasteiger partial charge >= 0.3 is 0 Å². The third-order valence-electron chi connectivity index (χ3n) is 8.35. The number of alkyl halides is 2. The molecule has 2 aromatic carbocycles. The van der Waals surface area contributed by atoms with Gasteiger partial charge in [-0.1, -0.05) is 30.3 Å². The highest BCUT2D eigenvalue weighted by molar-refractivity contribution is 7.13. The van der Waals surface area contributed by atoms with Crippen LogP contribution in [0.3, 0.4) is 0 Å². The van der Waals surface area contributed by atoms with Gasteiger partial charge in [-0.2, -0.15) is 0 Å². The van der Waals surface area contributed by atoms with Crippen LogP contribution in [0.15, 0.2) is 59.0 Å². The average Bonchev–Trinajstić information content (AvgIpc) is 3.39. The zero-order chi connectivity index (χ0) is 28.8. The van der Waals surface area contributed by atoms with Crippen molar-refractivity contribution in [3.05, 3.63) is 92.9 Å². The van der Waals surface area contributed by atoms with Gasteiger partial charge in [-0.25, -0.2) is 22.5 Å². The number of fused-ring (bicyclic) bond motifs is 7. The molecule has 3 atom stereocenters. The van der Waals surface area contributed by atoms with Crippen molar-refractivity contribution >= 4 is 17.2 Å². The second-order valence-electron chi connectivity index (χ2n) is 10.6. The standard InChI is InChI=1S/C29H22F4N4O3S/c1-29(32,33)14-8-10-35-20(12-14)37(36-11-9-19(38)26(39)25(36)28(35)40)24-15-4-2-3-5-16(15)27-23(34-13-41-27)21-17(24)6-7-18(30)22(21)31/h2-7,9,11,13-14,20,24,39H,8,10,12H2,1H3/t14?,20-,24-/m1/s1. The lowest BCUT2D eigenvalue weighted by Crippen LogP contribution is -2.65. The van der Waals surface area contributed by atoms with Gasteiger partial charge in [-0.15, -0.1) is 11.3 Å². The molecule has 2 aliphatic heterocycles. The summed E-state index contributed by atoms with van der Waals surface area (Å²) in [5, 5.41) is 12.4. The molecule has 7 nitrogen and oxygen atoms in total. The number of thiazole rings is 1. The highest BCUT2D eigenvalue weighted by Crippen LogP contribution is 2.51. The highest BCUT2D eigenvalue weighted by atomic mass is 32.1. The van der Waals surface area contributed by atoms with Crippen molar-refractivity contribution in [2.75, 3.05) is 11.6 Å². The van der Waals surface area contributed by atoms with E-state index in [1.807, 2.05) is 6.07 Å². The molecule has 0 spiro atoms. The molecular weight excluding hydrogens is 560 g/mol. The molecule has 1 amide bonds. The molecule has 4 aromatic rings. The minimum Gasteiger partial charge on any atom is -0.502 e. The van der Waals surface area contributed by atoms with Crippen LogP contribution in [-0.2, 0) is 0 Å². The normalized spacial score (nSPS) is 21.4. The van der Waals surface area contributed by atoms with E-state index in [2.05, 4.69) is 4.98 Å². The van der Waals surface area contributed by atoms with Gasteiger partial charge in [0.2, 0.25) is 11.4 Å². The quantitative estimate of drug-likeness (QED) is 0.316. The molecule has 1 unspecified atom stereocenters. The summed E-state index contributed by atoms with van der Waals surface area (Å²) in [6, 6.07) is 9.75. The zero-order valence-corrected chi connectivity index (χ0v) is 22.3. The van der Waals surface area contributed by atoms with Crippen molar-refractivity contribution in [3.8, 4) is 27.4 Å². The fraction of sp³-hybridized carbons (Fsp3) is 0.276. The van der Waals surface area contributed by atoms with Crippen LogP contribution in [0.25, 0.3) is 21.7 Å². The molecule has 41 heavy (non-hydrogen) atoms. The largest absolute Gasteiger partial charge is 0.502 e. The maximum Gasteiger partial charge on any atom is 0.278 e. The smallest absolute Gasteiger partial charge is 0.278 e. The first-order chi connectivity index (χ1) is 19.6. The molecule has 3 aliphatic rings. The SMILES string of the molecule is CC(F)(F)C1CCN2C(=O)c3c(O)c(=O)ccn3N([C@@H]3c4ccccc4-c4scnc4-c4c3ccc(F)c4F)[C@@H]2C1. The van der Waals surface area contributed by atoms with Crippen LogP contribution in [0, 0.1) is 17.6 Å². The summed E-state index contributed by atoms with van der Waals surface area (Å²) in [5.74, 6) is -7.77. The molecule has 210 valence electrons. The number of carbonyl (C=O) groups excluding carboxylic acids is 1. The van der Waals surface area contributed by atoms with E-state index in [0.717, 1.165) is 19.1 Å². The molecule has 7 rings (SSSR count). The minimum absolute atomic E-state index is 0.0102. The van der Waals surface area contributed by atoms with Crippen molar-refractivity contribution in [2.45, 2.75) is 37.9 Å². The molecule has 1 fully saturated rings. The van der Waals surface area contributed by atoms with Crippen molar-refractivity contribution in [3.63, 3.8) is 0 Å². The van der Waals surface area contributed by atoms with Crippen LogP contribution >= 0.6 is 11.3 Å². The van der Waals surface area contributed by atoms with Crippen molar-refractivity contribution < 1.29 is 27.5 Å². The van der Waals surface area contributed by atoms with E-state index in [4.69, 9.17) is 0 Å². The molecule has 12 heteroatoms. The molecule has 2 aromatic heterocycles. The Morgan fingerprint density at radius 1 is 1.07 bits per heavy atom. The van der Waals surface area contributed by atoms with Gasteiger partial charge in [0.15, 0.2) is 23.1 Å². The van der Waals surface area contributed by atoms with Gasteiger partial charge in [0.25, 0.3) is 5.91 Å². The second-order valence-corrected chi connectivity index (χ2v) is 11.5. The first kappa shape index (κ1) is 25.8. The summed E-state index contributed by atoms with van der Waals surface area (Å²) < 4.78 is 61.2. The molecule has 1 saturated heterocycles. The number of piperidine rings is 1. The Hall–Kier alpha value is -4.19. The molecular formula is C29H22F4N4O3S. The number of aromatic nitrogens is 2. The van der Waals surface area contributed by atoms with Gasteiger partial charge in [-0.05, 0) is 42.5 Å². The summed E-state index contributed by atoms with van der Waals surface area (Å²) in [7, 11) is 0.